The molecular weight excluding hydrogens is 371 g/mol. The maximum atomic E-state index is 12.6. The average Bonchev–Trinajstić information content (AvgIpc) is 2.66. The highest BCUT2D eigenvalue weighted by molar-refractivity contribution is 6.35. The van der Waals surface area contributed by atoms with Crippen LogP contribution < -0.4 is 5.56 Å². The smallest absolute Gasteiger partial charge is 0.255 e. The lowest BCUT2D eigenvalue weighted by Gasteiger charge is -2.28. The van der Waals surface area contributed by atoms with Gasteiger partial charge in [-0.3, -0.25) is 14.7 Å². The van der Waals surface area contributed by atoms with E-state index in [1.807, 2.05) is 30.3 Å². The van der Waals surface area contributed by atoms with Crippen LogP contribution in [-0.4, -0.2) is 26.4 Å². The van der Waals surface area contributed by atoms with E-state index in [2.05, 4.69) is 19.9 Å². The van der Waals surface area contributed by atoms with Crippen molar-refractivity contribution in [3.05, 3.63) is 79.9 Å². The molecule has 0 fully saturated rings. The molecule has 1 aliphatic heterocycles. The number of H-pyrrole nitrogens is 1. The predicted molar refractivity (Wildman–Crippen MR) is 102 cm³/mol. The molecule has 0 atom stereocenters. The van der Waals surface area contributed by atoms with Gasteiger partial charge in [0.25, 0.3) is 5.56 Å². The minimum Gasteiger partial charge on any atom is -0.306 e. The Bertz CT molecular complexity index is 984. The summed E-state index contributed by atoms with van der Waals surface area (Å²) in [4.78, 5) is 26.3. The molecule has 26 heavy (non-hydrogen) atoms. The number of rotatable bonds is 3. The van der Waals surface area contributed by atoms with Crippen molar-refractivity contribution in [1.82, 2.24) is 19.9 Å². The quantitative estimate of drug-likeness (QED) is 0.745. The second-order valence-electron chi connectivity index (χ2n) is 6.25. The first-order valence-electron chi connectivity index (χ1n) is 8.29. The van der Waals surface area contributed by atoms with Crippen LogP contribution in [0.2, 0.25) is 10.0 Å². The maximum Gasteiger partial charge on any atom is 0.255 e. The Kier molecular flexibility index (Phi) is 4.76. The van der Waals surface area contributed by atoms with Gasteiger partial charge >= 0.3 is 0 Å². The highest BCUT2D eigenvalue weighted by Crippen LogP contribution is 2.26. The van der Waals surface area contributed by atoms with Gasteiger partial charge in [0.15, 0.2) is 0 Å². The van der Waals surface area contributed by atoms with Crippen molar-refractivity contribution in [1.29, 1.82) is 0 Å². The molecule has 1 aromatic carbocycles. The van der Waals surface area contributed by atoms with E-state index < -0.39 is 0 Å². The van der Waals surface area contributed by atoms with Gasteiger partial charge in [0.05, 0.1) is 21.3 Å². The minimum atomic E-state index is -0.0922. The SMILES string of the molecule is O=c1[nH]c(-c2ccccc2)nc2c1CN(Cc1c(Cl)cncc1Cl)CC2. The molecule has 0 saturated carbocycles. The molecule has 0 radical (unpaired) electrons. The van der Waals surface area contributed by atoms with Crippen LogP contribution in [0.4, 0.5) is 0 Å². The summed E-state index contributed by atoms with van der Waals surface area (Å²) in [5.74, 6) is 0.614. The minimum absolute atomic E-state index is 0.0922. The van der Waals surface area contributed by atoms with Gasteiger partial charge in [-0.05, 0) is 0 Å². The topological polar surface area (TPSA) is 61.9 Å². The summed E-state index contributed by atoms with van der Waals surface area (Å²) in [7, 11) is 0. The molecule has 1 aliphatic rings. The number of halogens is 2. The standard InChI is InChI=1S/C19H16Cl2N4O/c20-15-8-22-9-16(21)13(15)10-25-7-6-17-14(11-25)19(26)24-18(23-17)12-4-2-1-3-5-12/h1-5,8-9H,6-7,10-11H2,(H,23,24,26). The van der Waals surface area contributed by atoms with Gasteiger partial charge in [0.1, 0.15) is 5.82 Å². The lowest BCUT2D eigenvalue weighted by molar-refractivity contribution is 0.242. The largest absolute Gasteiger partial charge is 0.306 e. The van der Waals surface area contributed by atoms with Crippen LogP contribution in [0.5, 0.6) is 0 Å². The number of hydrogen-bond acceptors (Lipinski definition) is 4. The Morgan fingerprint density at radius 1 is 1.12 bits per heavy atom. The van der Waals surface area contributed by atoms with Crippen molar-refractivity contribution in [2.24, 2.45) is 0 Å². The molecule has 0 bridgehead atoms. The highest BCUT2D eigenvalue weighted by atomic mass is 35.5. The zero-order chi connectivity index (χ0) is 18.1. The molecule has 5 nitrogen and oxygen atoms in total. The van der Waals surface area contributed by atoms with Crippen LogP contribution in [0.25, 0.3) is 11.4 Å². The molecule has 3 heterocycles. The van der Waals surface area contributed by atoms with Crippen molar-refractivity contribution in [2.75, 3.05) is 6.54 Å². The number of fused-ring (bicyclic) bond motifs is 1. The van der Waals surface area contributed by atoms with Gasteiger partial charge in [-0.15, -0.1) is 0 Å². The first-order valence-corrected chi connectivity index (χ1v) is 9.05. The third kappa shape index (κ3) is 3.38. The van der Waals surface area contributed by atoms with Crippen molar-refractivity contribution < 1.29 is 0 Å². The second-order valence-corrected chi connectivity index (χ2v) is 7.06. The number of pyridine rings is 1. The van der Waals surface area contributed by atoms with Gasteiger partial charge < -0.3 is 4.98 Å². The van der Waals surface area contributed by atoms with E-state index in [4.69, 9.17) is 23.2 Å². The normalized spacial score (nSPS) is 14.2. The summed E-state index contributed by atoms with van der Waals surface area (Å²) in [5, 5.41) is 1.07. The summed E-state index contributed by atoms with van der Waals surface area (Å²) in [6.45, 7) is 1.87. The van der Waals surface area contributed by atoms with Gasteiger partial charge in [-0.2, -0.15) is 0 Å². The molecule has 0 spiro atoms. The maximum absolute atomic E-state index is 12.6. The monoisotopic (exact) mass is 386 g/mol. The third-order valence-corrected chi connectivity index (χ3v) is 5.18. The van der Waals surface area contributed by atoms with E-state index in [0.717, 1.165) is 23.4 Å². The number of hydrogen-bond donors (Lipinski definition) is 1. The van der Waals surface area contributed by atoms with Crippen LogP contribution >= 0.6 is 23.2 Å². The van der Waals surface area contributed by atoms with Crippen molar-refractivity contribution in [2.45, 2.75) is 19.5 Å². The fraction of sp³-hybridized carbons (Fsp3) is 0.211. The van der Waals surface area contributed by atoms with Crippen molar-refractivity contribution in [3.63, 3.8) is 0 Å². The molecule has 132 valence electrons. The van der Waals surface area contributed by atoms with Crippen LogP contribution in [-0.2, 0) is 19.5 Å². The zero-order valence-electron chi connectivity index (χ0n) is 13.9. The molecule has 1 N–H and O–H groups in total. The summed E-state index contributed by atoms with van der Waals surface area (Å²) < 4.78 is 0. The predicted octanol–water partition coefficient (Wildman–Crippen LogP) is 3.70. The Labute approximate surface area is 160 Å². The highest BCUT2D eigenvalue weighted by Gasteiger charge is 2.22. The zero-order valence-corrected chi connectivity index (χ0v) is 15.4. The number of nitrogens with zero attached hydrogens (tertiary/aromatic N) is 3. The number of aromatic amines is 1. The van der Waals surface area contributed by atoms with E-state index in [1.54, 1.807) is 12.4 Å². The molecule has 3 aromatic rings. The molecular formula is C19H16Cl2N4O. The average molecular weight is 387 g/mol. The third-order valence-electron chi connectivity index (χ3n) is 4.53. The number of benzene rings is 1. The molecule has 7 heteroatoms. The van der Waals surface area contributed by atoms with Crippen molar-refractivity contribution >= 4 is 23.2 Å². The Morgan fingerprint density at radius 3 is 2.58 bits per heavy atom. The summed E-state index contributed by atoms with van der Waals surface area (Å²) in [6.07, 6.45) is 3.88. The summed E-state index contributed by atoms with van der Waals surface area (Å²) >= 11 is 12.4. The molecule has 0 saturated heterocycles. The van der Waals surface area contributed by atoms with E-state index >= 15 is 0 Å². The summed E-state index contributed by atoms with van der Waals surface area (Å²) in [5.41, 5.74) is 3.21. The van der Waals surface area contributed by atoms with Gasteiger partial charge in [-0.1, -0.05) is 53.5 Å². The van der Waals surface area contributed by atoms with Crippen LogP contribution in [0.1, 0.15) is 16.8 Å². The molecule has 0 amide bonds. The van der Waals surface area contributed by atoms with Crippen molar-refractivity contribution in [3.8, 4) is 11.4 Å². The molecule has 0 aliphatic carbocycles. The lowest BCUT2D eigenvalue weighted by Crippen LogP contribution is -2.35. The summed E-state index contributed by atoms with van der Waals surface area (Å²) in [6, 6.07) is 9.67. The van der Waals surface area contributed by atoms with Crippen LogP contribution in [0.3, 0.4) is 0 Å². The molecule has 0 unspecified atom stereocenters. The lowest BCUT2D eigenvalue weighted by atomic mass is 10.1. The van der Waals surface area contributed by atoms with E-state index in [9.17, 15) is 4.79 Å². The van der Waals surface area contributed by atoms with Gasteiger partial charge in [0.2, 0.25) is 0 Å². The van der Waals surface area contributed by atoms with E-state index in [0.29, 0.717) is 40.9 Å². The Balaban J connectivity index is 1.61. The van der Waals surface area contributed by atoms with Gasteiger partial charge in [0, 0.05) is 49.6 Å². The van der Waals surface area contributed by atoms with E-state index in [-0.39, 0.29) is 5.56 Å². The number of aromatic nitrogens is 3. The first kappa shape index (κ1) is 17.2. The van der Waals surface area contributed by atoms with Crippen LogP contribution in [0.15, 0.2) is 47.5 Å². The van der Waals surface area contributed by atoms with Gasteiger partial charge in [-0.25, -0.2) is 4.98 Å². The molecule has 2 aromatic heterocycles. The fourth-order valence-electron chi connectivity index (χ4n) is 3.16. The fourth-order valence-corrected chi connectivity index (χ4v) is 3.65. The van der Waals surface area contributed by atoms with Crippen LogP contribution in [0, 0.1) is 0 Å². The Hall–Kier alpha value is -2.21. The first-order chi connectivity index (χ1) is 12.6. The van der Waals surface area contributed by atoms with E-state index in [1.165, 1.54) is 0 Å². The molecule has 4 rings (SSSR count). The second kappa shape index (κ2) is 7.19. The number of nitrogens with one attached hydrogen (secondary N) is 1. The Morgan fingerprint density at radius 2 is 1.85 bits per heavy atom.